The molecule has 0 bridgehead atoms. The highest BCUT2D eigenvalue weighted by atomic mass is 16.5. The van der Waals surface area contributed by atoms with Crippen LogP contribution in [-0.2, 0) is 17.8 Å². The van der Waals surface area contributed by atoms with E-state index >= 15 is 0 Å². The summed E-state index contributed by atoms with van der Waals surface area (Å²) in [6.07, 6.45) is 6.93. The number of aromatic nitrogens is 4. The van der Waals surface area contributed by atoms with Gasteiger partial charge in [-0.25, -0.2) is 9.97 Å². The van der Waals surface area contributed by atoms with Crippen LogP contribution in [0, 0.1) is 5.92 Å². The number of hydrogen-bond donors (Lipinski definition) is 0. The van der Waals surface area contributed by atoms with E-state index in [0.717, 1.165) is 38.4 Å². The lowest BCUT2D eigenvalue weighted by Gasteiger charge is -2.16. The molecule has 5 nitrogen and oxygen atoms in total. The highest BCUT2D eigenvalue weighted by molar-refractivity contribution is 5.62. The molecule has 1 aliphatic rings. The molecule has 3 aromatic rings. The summed E-state index contributed by atoms with van der Waals surface area (Å²) in [5.74, 6) is 0.988. The van der Waals surface area contributed by atoms with Crippen LogP contribution < -0.4 is 0 Å². The van der Waals surface area contributed by atoms with Gasteiger partial charge in [0, 0.05) is 30.8 Å². The van der Waals surface area contributed by atoms with Crippen molar-refractivity contribution < 1.29 is 4.74 Å². The molecule has 1 atom stereocenters. The maximum atomic E-state index is 5.68. The molecule has 0 saturated carbocycles. The molecule has 1 aliphatic heterocycles. The van der Waals surface area contributed by atoms with Crippen LogP contribution >= 0.6 is 0 Å². The van der Waals surface area contributed by atoms with Crippen molar-refractivity contribution in [2.24, 2.45) is 5.92 Å². The standard InChI is InChI=1S/C21H26N4O/c1-16(2)11-24-14-22-10-19(24)12-25-15-23-20(17-6-4-3-5-7-17)21(25)18-8-9-26-13-18/h3-7,10,14-16,18H,8-9,11-13H2,1-2H3. The molecule has 3 heterocycles. The second kappa shape index (κ2) is 7.46. The van der Waals surface area contributed by atoms with Crippen LogP contribution in [-0.4, -0.2) is 32.3 Å². The summed E-state index contributed by atoms with van der Waals surface area (Å²) in [6.45, 7) is 7.84. The molecule has 136 valence electrons. The summed E-state index contributed by atoms with van der Waals surface area (Å²) in [5.41, 5.74) is 4.75. The average Bonchev–Trinajstić information content (AvgIpc) is 3.37. The topological polar surface area (TPSA) is 44.9 Å². The molecular formula is C21H26N4O. The molecule has 1 unspecified atom stereocenters. The van der Waals surface area contributed by atoms with Crippen molar-refractivity contribution >= 4 is 0 Å². The second-order valence-electron chi connectivity index (χ2n) is 7.46. The molecule has 26 heavy (non-hydrogen) atoms. The molecule has 1 saturated heterocycles. The quantitative estimate of drug-likeness (QED) is 0.676. The van der Waals surface area contributed by atoms with Crippen LogP contribution in [0.1, 0.15) is 37.6 Å². The van der Waals surface area contributed by atoms with Crippen LogP contribution in [0.3, 0.4) is 0 Å². The van der Waals surface area contributed by atoms with Gasteiger partial charge in [-0.15, -0.1) is 0 Å². The van der Waals surface area contributed by atoms with E-state index in [1.807, 2.05) is 24.9 Å². The first-order valence-electron chi connectivity index (χ1n) is 9.39. The molecule has 0 N–H and O–H groups in total. The molecule has 2 aromatic heterocycles. The Hall–Kier alpha value is -2.40. The Bertz CT molecular complexity index is 844. The fourth-order valence-electron chi connectivity index (χ4n) is 3.73. The first-order chi connectivity index (χ1) is 12.7. The Kier molecular flexibility index (Phi) is 4.89. The van der Waals surface area contributed by atoms with Gasteiger partial charge >= 0.3 is 0 Å². The summed E-state index contributed by atoms with van der Waals surface area (Å²) in [7, 11) is 0. The van der Waals surface area contributed by atoms with Crippen molar-refractivity contribution in [2.75, 3.05) is 13.2 Å². The summed E-state index contributed by atoms with van der Waals surface area (Å²) >= 11 is 0. The minimum Gasteiger partial charge on any atom is -0.381 e. The minimum atomic E-state index is 0.397. The zero-order chi connectivity index (χ0) is 17.9. The monoisotopic (exact) mass is 350 g/mol. The first-order valence-corrected chi connectivity index (χ1v) is 9.39. The van der Waals surface area contributed by atoms with Crippen LogP contribution in [0.25, 0.3) is 11.3 Å². The lowest BCUT2D eigenvalue weighted by molar-refractivity contribution is 0.193. The van der Waals surface area contributed by atoms with Crippen LogP contribution in [0.15, 0.2) is 49.2 Å². The van der Waals surface area contributed by atoms with Crippen molar-refractivity contribution in [3.63, 3.8) is 0 Å². The predicted octanol–water partition coefficient (Wildman–Crippen LogP) is 3.95. The van der Waals surface area contributed by atoms with Gasteiger partial charge in [-0.3, -0.25) is 0 Å². The van der Waals surface area contributed by atoms with E-state index < -0.39 is 0 Å². The molecule has 0 amide bonds. The minimum absolute atomic E-state index is 0.397. The van der Waals surface area contributed by atoms with E-state index in [0.29, 0.717) is 11.8 Å². The van der Waals surface area contributed by atoms with Crippen LogP contribution in [0.4, 0.5) is 0 Å². The van der Waals surface area contributed by atoms with Crippen molar-refractivity contribution in [1.82, 2.24) is 19.1 Å². The third-order valence-corrected chi connectivity index (χ3v) is 4.93. The maximum Gasteiger partial charge on any atom is 0.0959 e. The van der Waals surface area contributed by atoms with Crippen molar-refractivity contribution in [3.05, 3.63) is 60.6 Å². The van der Waals surface area contributed by atoms with E-state index in [1.54, 1.807) is 0 Å². The summed E-state index contributed by atoms with van der Waals surface area (Å²) in [6, 6.07) is 10.5. The zero-order valence-electron chi connectivity index (χ0n) is 15.5. The van der Waals surface area contributed by atoms with Crippen molar-refractivity contribution in [2.45, 2.75) is 39.3 Å². The number of nitrogens with zero attached hydrogens (tertiary/aromatic N) is 4. The smallest absolute Gasteiger partial charge is 0.0959 e. The average molecular weight is 350 g/mol. The van der Waals surface area contributed by atoms with E-state index in [2.05, 4.69) is 52.2 Å². The van der Waals surface area contributed by atoms with Crippen molar-refractivity contribution in [3.8, 4) is 11.3 Å². The number of imidazole rings is 2. The highest BCUT2D eigenvalue weighted by Crippen LogP contribution is 2.33. The molecule has 5 heteroatoms. The van der Waals surface area contributed by atoms with Gasteiger partial charge in [0.25, 0.3) is 0 Å². The number of ether oxygens (including phenoxy) is 1. The van der Waals surface area contributed by atoms with Gasteiger partial charge < -0.3 is 13.9 Å². The second-order valence-corrected chi connectivity index (χ2v) is 7.46. The van der Waals surface area contributed by atoms with Crippen LogP contribution in [0.2, 0.25) is 0 Å². The summed E-state index contributed by atoms with van der Waals surface area (Å²) < 4.78 is 10.2. The fourth-order valence-corrected chi connectivity index (χ4v) is 3.73. The molecule has 4 rings (SSSR count). The predicted molar refractivity (Wildman–Crippen MR) is 102 cm³/mol. The molecule has 0 spiro atoms. The van der Waals surface area contributed by atoms with Gasteiger partial charge in [0.1, 0.15) is 0 Å². The maximum absolute atomic E-state index is 5.68. The lowest BCUT2D eigenvalue weighted by Crippen LogP contribution is -2.13. The molecule has 0 aliphatic carbocycles. The van der Waals surface area contributed by atoms with Gasteiger partial charge in [0.05, 0.1) is 42.9 Å². The lowest BCUT2D eigenvalue weighted by atomic mass is 9.99. The Morgan fingerprint density at radius 3 is 2.73 bits per heavy atom. The number of hydrogen-bond acceptors (Lipinski definition) is 3. The Labute approximate surface area is 154 Å². The number of rotatable bonds is 6. The van der Waals surface area contributed by atoms with E-state index in [4.69, 9.17) is 9.72 Å². The molecular weight excluding hydrogens is 324 g/mol. The first kappa shape index (κ1) is 17.0. The Balaban J connectivity index is 1.70. The van der Waals surface area contributed by atoms with Gasteiger partial charge in [-0.2, -0.15) is 0 Å². The van der Waals surface area contributed by atoms with E-state index in [-0.39, 0.29) is 0 Å². The van der Waals surface area contributed by atoms with E-state index in [1.165, 1.54) is 17.0 Å². The van der Waals surface area contributed by atoms with Gasteiger partial charge in [0.2, 0.25) is 0 Å². The SMILES string of the molecule is CC(C)Cn1cncc1Cn1cnc(-c2ccccc2)c1C1CCOC1. The van der Waals surface area contributed by atoms with Gasteiger partial charge in [-0.1, -0.05) is 44.2 Å². The number of benzene rings is 1. The normalized spacial score (nSPS) is 17.3. The molecule has 0 radical (unpaired) electrons. The van der Waals surface area contributed by atoms with Gasteiger partial charge in [0.15, 0.2) is 0 Å². The Morgan fingerprint density at radius 2 is 2.00 bits per heavy atom. The molecule has 1 fully saturated rings. The molecule has 1 aromatic carbocycles. The largest absolute Gasteiger partial charge is 0.381 e. The van der Waals surface area contributed by atoms with Crippen LogP contribution in [0.5, 0.6) is 0 Å². The summed E-state index contributed by atoms with van der Waals surface area (Å²) in [5, 5.41) is 0. The Morgan fingerprint density at radius 1 is 1.15 bits per heavy atom. The van der Waals surface area contributed by atoms with E-state index in [9.17, 15) is 0 Å². The summed E-state index contributed by atoms with van der Waals surface area (Å²) in [4.78, 5) is 9.15. The third-order valence-electron chi connectivity index (χ3n) is 4.93. The highest BCUT2D eigenvalue weighted by Gasteiger charge is 2.26. The fraction of sp³-hybridized carbons (Fsp3) is 0.429. The van der Waals surface area contributed by atoms with Gasteiger partial charge in [-0.05, 0) is 12.3 Å². The third kappa shape index (κ3) is 3.44. The van der Waals surface area contributed by atoms with Crippen molar-refractivity contribution in [1.29, 1.82) is 0 Å². The zero-order valence-corrected chi connectivity index (χ0v) is 15.5.